The molecule has 3 rings (SSSR count). The Balaban J connectivity index is 2.05. The summed E-state index contributed by atoms with van der Waals surface area (Å²) in [5, 5.41) is 9.62. The molecule has 2 aliphatic rings. The van der Waals surface area contributed by atoms with Crippen LogP contribution in [-0.2, 0) is 16.0 Å². The summed E-state index contributed by atoms with van der Waals surface area (Å²) in [6, 6.07) is 6.32. The van der Waals surface area contributed by atoms with Gasteiger partial charge in [0.2, 0.25) is 5.88 Å². The van der Waals surface area contributed by atoms with E-state index in [0.29, 0.717) is 29.7 Å². The number of ether oxygens (including phenoxy) is 1. The number of nitriles is 1. The number of aryl methyl sites for hydroxylation is 1. The molecule has 5 heteroatoms. The van der Waals surface area contributed by atoms with Crippen molar-refractivity contribution in [1.82, 2.24) is 0 Å². The maximum atomic E-state index is 12.9. The van der Waals surface area contributed by atoms with Crippen LogP contribution in [0, 0.1) is 16.7 Å². The zero-order valence-electron chi connectivity index (χ0n) is 15.0. The van der Waals surface area contributed by atoms with Gasteiger partial charge in [0.1, 0.15) is 17.4 Å². The van der Waals surface area contributed by atoms with Gasteiger partial charge in [-0.15, -0.1) is 11.3 Å². The predicted octanol–water partition coefficient (Wildman–Crippen LogP) is 4.54. The molecule has 0 aromatic carbocycles. The van der Waals surface area contributed by atoms with Crippen molar-refractivity contribution in [2.45, 2.75) is 58.8 Å². The van der Waals surface area contributed by atoms with E-state index in [-0.39, 0.29) is 23.0 Å². The molecular weight excluding hydrogens is 332 g/mol. The van der Waals surface area contributed by atoms with E-state index in [1.54, 1.807) is 11.3 Å². The van der Waals surface area contributed by atoms with Gasteiger partial charge in [0, 0.05) is 28.2 Å². The topological polar surface area (TPSA) is 76.1 Å². The normalized spacial score (nSPS) is 22.5. The van der Waals surface area contributed by atoms with Crippen LogP contribution in [0.25, 0.3) is 0 Å². The lowest BCUT2D eigenvalue weighted by Crippen LogP contribution is -2.33. The highest BCUT2D eigenvalue weighted by atomic mass is 32.1. The lowest BCUT2D eigenvalue weighted by Gasteiger charge is -2.36. The number of allylic oxidation sites excluding steroid dienone is 3. The molecule has 25 heavy (non-hydrogen) atoms. The molecule has 2 heterocycles. The van der Waals surface area contributed by atoms with Crippen molar-refractivity contribution in [3.8, 4) is 6.07 Å². The number of hydrogen-bond acceptors (Lipinski definition) is 5. The number of rotatable bonds is 4. The number of nitrogens with zero attached hydrogens (tertiary/aromatic N) is 1. The number of unbranched alkanes of at least 4 members (excludes halogenated alkanes) is 1. The summed E-state index contributed by atoms with van der Waals surface area (Å²) in [5.74, 6) is 0.476. The predicted molar refractivity (Wildman–Crippen MR) is 98.6 cm³/mol. The number of nitrogens with two attached hydrogens (primary N) is 1. The van der Waals surface area contributed by atoms with Gasteiger partial charge in [-0.25, -0.2) is 0 Å². The van der Waals surface area contributed by atoms with Crippen LogP contribution in [0.5, 0.6) is 0 Å². The average molecular weight is 356 g/mol. The Bertz CT molecular complexity index is 808. The zero-order valence-corrected chi connectivity index (χ0v) is 15.8. The molecule has 0 fully saturated rings. The first-order valence-corrected chi connectivity index (χ1v) is 9.60. The third-order valence-electron chi connectivity index (χ3n) is 4.82. The van der Waals surface area contributed by atoms with Gasteiger partial charge in [0.15, 0.2) is 5.78 Å². The fourth-order valence-corrected chi connectivity index (χ4v) is 4.78. The van der Waals surface area contributed by atoms with E-state index >= 15 is 0 Å². The first-order chi connectivity index (χ1) is 11.9. The maximum Gasteiger partial charge on any atom is 0.205 e. The van der Waals surface area contributed by atoms with Gasteiger partial charge in [-0.2, -0.15) is 5.26 Å². The van der Waals surface area contributed by atoms with Gasteiger partial charge in [-0.1, -0.05) is 27.2 Å². The molecule has 0 saturated heterocycles. The van der Waals surface area contributed by atoms with Crippen molar-refractivity contribution >= 4 is 17.1 Å². The Hall–Kier alpha value is -2.06. The van der Waals surface area contributed by atoms with Gasteiger partial charge in [-0.3, -0.25) is 4.79 Å². The van der Waals surface area contributed by atoms with E-state index in [0.717, 1.165) is 24.1 Å². The van der Waals surface area contributed by atoms with Crippen molar-refractivity contribution < 1.29 is 9.53 Å². The molecule has 0 spiro atoms. The molecule has 0 bridgehead atoms. The van der Waals surface area contributed by atoms with Crippen LogP contribution in [0.2, 0.25) is 0 Å². The number of hydrogen-bond donors (Lipinski definition) is 1. The lowest BCUT2D eigenvalue weighted by atomic mass is 9.71. The van der Waals surface area contributed by atoms with Crippen LogP contribution >= 0.6 is 11.3 Å². The molecular formula is C20H24N2O2S. The Morgan fingerprint density at radius 2 is 2.16 bits per heavy atom. The van der Waals surface area contributed by atoms with Crippen LogP contribution in [0.1, 0.15) is 62.1 Å². The first-order valence-electron chi connectivity index (χ1n) is 8.78. The highest BCUT2D eigenvalue weighted by Gasteiger charge is 2.43. The highest BCUT2D eigenvalue weighted by molar-refractivity contribution is 7.12. The van der Waals surface area contributed by atoms with Crippen LogP contribution in [0.3, 0.4) is 0 Å². The van der Waals surface area contributed by atoms with Crippen molar-refractivity contribution in [3.63, 3.8) is 0 Å². The number of carbonyl (C=O) groups is 1. The second-order valence-electron chi connectivity index (χ2n) is 7.61. The molecule has 0 amide bonds. The van der Waals surface area contributed by atoms with E-state index in [2.05, 4.69) is 32.9 Å². The molecule has 1 aromatic rings. The fraction of sp³-hybridized carbons (Fsp3) is 0.500. The van der Waals surface area contributed by atoms with E-state index in [9.17, 15) is 10.1 Å². The van der Waals surface area contributed by atoms with Crippen LogP contribution in [-0.4, -0.2) is 5.78 Å². The molecule has 4 nitrogen and oxygen atoms in total. The zero-order chi connectivity index (χ0) is 18.2. The third kappa shape index (κ3) is 3.36. The van der Waals surface area contributed by atoms with E-state index in [4.69, 9.17) is 10.5 Å². The summed E-state index contributed by atoms with van der Waals surface area (Å²) in [5.41, 5.74) is 6.88. The molecule has 1 aliphatic heterocycles. The van der Waals surface area contributed by atoms with Crippen molar-refractivity contribution in [3.05, 3.63) is 44.7 Å². The summed E-state index contributed by atoms with van der Waals surface area (Å²) in [6.45, 7) is 6.28. The number of ketones is 1. The molecule has 1 atom stereocenters. The summed E-state index contributed by atoms with van der Waals surface area (Å²) in [7, 11) is 0. The Morgan fingerprint density at radius 3 is 2.84 bits per heavy atom. The smallest absolute Gasteiger partial charge is 0.205 e. The monoisotopic (exact) mass is 356 g/mol. The van der Waals surface area contributed by atoms with Crippen molar-refractivity contribution in [2.24, 2.45) is 11.1 Å². The highest BCUT2D eigenvalue weighted by Crippen LogP contribution is 2.49. The second kappa shape index (κ2) is 6.68. The van der Waals surface area contributed by atoms with E-state index in [1.807, 2.05) is 6.07 Å². The Morgan fingerprint density at radius 1 is 1.40 bits per heavy atom. The minimum atomic E-state index is -0.377. The van der Waals surface area contributed by atoms with Gasteiger partial charge in [0.25, 0.3) is 0 Å². The minimum Gasteiger partial charge on any atom is -0.444 e. The quantitative estimate of drug-likeness (QED) is 0.859. The minimum absolute atomic E-state index is 0.0695. The number of carbonyl (C=O) groups excluding carboxylic acids is 1. The molecule has 1 aromatic heterocycles. The standard InChI is InChI=1S/C20H24N2O2S/c1-4-5-6-12-7-8-16(25-12)17-13(11-21)19(22)24-15-10-20(2,3)9-14(23)18(15)17/h7-8,17H,4-6,9-10,22H2,1-3H3. The number of Topliss-reactive ketones (excluding diaryl/α,β-unsaturated/α-hetero) is 1. The van der Waals surface area contributed by atoms with Gasteiger partial charge in [-0.05, 0) is 30.4 Å². The molecule has 2 N–H and O–H groups in total. The lowest BCUT2D eigenvalue weighted by molar-refractivity contribution is -0.119. The molecule has 0 radical (unpaired) electrons. The van der Waals surface area contributed by atoms with Crippen LogP contribution < -0.4 is 5.73 Å². The van der Waals surface area contributed by atoms with E-state index < -0.39 is 0 Å². The van der Waals surface area contributed by atoms with Crippen molar-refractivity contribution in [1.29, 1.82) is 5.26 Å². The van der Waals surface area contributed by atoms with Gasteiger partial charge in [0.05, 0.1) is 5.92 Å². The molecule has 0 saturated carbocycles. The second-order valence-corrected chi connectivity index (χ2v) is 8.81. The fourth-order valence-electron chi connectivity index (χ4n) is 3.60. The SMILES string of the molecule is CCCCc1ccc(C2C(C#N)=C(N)OC3=C2C(=O)CC(C)(C)C3)s1. The summed E-state index contributed by atoms with van der Waals surface area (Å²) in [4.78, 5) is 15.2. The average Bonchev–Trinajstić information content (AvgIpc) is 2.98. The summed E-state index contributed by atoms with van der Waals surface area (Å²) < 4.78 is 5.72. The van der Waals surface area contributed by atoms with Crippen molar-refractivity contribution in [2.75, 3.05) is 0 Å². The van der Waals surface area contributed by atoms with Gasteiger partial charge < -0.3 is 10.5 Å². The molecule has 1 unspecified atom stereocenters. The van der Waals surface area contributed by atoms with Crippen LogP contribution in [0.15, 0.2) is 34.9 Å². The molecule has 1 aliphatic carbocycles. The Kier molecular flexibility index (Phi) is 4.75. The Labute approximate surface area is 153 Å². The summed E-state index contributed by atoms with van der Waals surface area (Å²) in [6.07, 6.45) is 4.44. The molecule has 132 valence electrons. The van der Waals surface area contributed by atoms with E-state index in [1.165, 1.54) is 4.88 Å². The first kappa shape index (κ1) is 17.8. The third-order valence-corrected chi connectivity index (χ3v) is 6.03. The summed E-state index contributed by atoms with van der Waals surface area (Å²) >= 11 is 1.68. The number of thiophene rings is 1. The van der Waals surface area contributed by atoms with Crippen LogP contribution in [0.4, 0.5) is 0 Å². The maximum absolute atomic E-state index is 12.9. The van der Waals surface area contributed by atoms with Gasteiger partial charge >= 0.3 is 0 Å². The largest absolute Gasteiger partial charge is 0.444 e.